The average Bonchev–Trinajstić information content (AvgIpc) is 2.55. The topological polar surface area (TPSA) is 66.9 Å². The highest BCUT2D eigenvalue weighted by Crippen LogP contribution is 2.22. The Balaban J connectivity index is 1.93. The maximum atomic E-state index is 12.3. The van der Waals surface area contributed by atoms with E-state index in [4.69, 9.17) is 0 Å². The smallest absolute Gasteiger partial charge is 0.274 e. The Morgan fingerprint density at radius 1 is 1.14 bits per heavy atom. The van der Waals surface area contributed by atoms with Crippen molar-refractivity contribution in [2.75, 3.05) is 17.7 Å². The molecule has 0 spiro atoms. The van der Waals surface area contributed by atoms with E-state index in [1.165, 1.54) is 0 Å². The molecule has 0 aliphatic carbocycles. The molecular formula is C16H14N4O. The molecule has 2 N–H and O–H groups in total. The van der Waals surface area contributed by atoms with E-state index in [0.717, 1.165) is 22.1 Å². The number of nitrogens with one attached hydrogen (secondary N) is 2. The summed E-state index contributed by atoms with van der Waals surface area (Å²) in [4.78, 5) is 20.5. The largest absolute Gasteiger partial charge is 0.388 e. The lowest BCUT2D eigenvalue weighted by atomic mass is 10.1. The molecule has 0 fully saturated rings. The Kier molecular flexibility index (Phi) is 3.47. The van der Waals surface area contributed by atoms with Crippen LogP contribution in [0, 0.1) is 0 Å². The molecule has 0 bridgehead atoms. The fourth-order valence-corrected chi connectivity index (χ4v) is 2.12. The minimum absolute atomic E-state index is 0.247. The number of nitrogens with zero attached hydrogens (tertiary/aromatic N) is 2. The molecule has 3 aromatic rings. The number of benzene rings is 1. The predicted octanol–water partition coefficient (Wildman–Crippen LogP) is 2.92. The van der Waals surface area contributed by atoms with Gasteiger partial charge in [0.1, 0.15) is 5.69 Å². The van der Waals surface area contributed by atoms with Crippen molar-refractivity contribution in [3.8, 4) is 0 Å². The quantitative estimate of drug-likeness (QED) is 0.773. The Bertz CT molecular complexity index is 796. The van der Waals surface area contributed by atoms with Crippen LogP contribution < -0.4 is 10.6 Å². The third-order valence-corrected chi connectivity index (χ3v) is 3.21. The lowest BCUT2D eigenvalue weighted by Crippen LogP contribution is -2.14. The highest BCUT2D eigenvalue weighted by molar-refractivity contribution is 6.08. The third-order valence-electron chi connectivity index (χ3n) is 3.21. The molecule has 0 aliphatic rings. The van der Waals surface area contributed by atoms with E-state index in [-0.39, 0.29) is 5.91 Å². The summed E-state index contributed by atoms with van der Waals surface area (Å²) < 4.78 is 0. The van der Waals surface area contributed by atoms with Crippen LogP contribution in [-0.4, -0.2) is 22.9 Å². The molecule has 5 heteroatoms. The summed E-state index contributed by atoms with van der Waals surface area (Å²) in [6, 6.07) is 11.1. The normalized spacial score (nSPS) is 10.3. The molecule has 0 saturated carbocycles. The zero-order valence-corrected chi connectivity index (χ0v) is 11.5. The number of amides is 1. The van der Waals surface area contributed by atoms with Crippen molar-refractivity contribution < 1.29 is 4.79 Å². The molecule has 104 valence electrons. The van der Waals surface area contributed by atoms with Crippen LogP contribution in [0.15, 0.2) is 55.0 Å². The zero-order chi connectivity index (χ0) is 14.7. The Morgan fingerprint density at radius 3 is 2.90 bits per heavy atom. The van der Waals surface area contributed by atoms with Gasteiger partial charge in [0, 0.05) is 36.7 Å². The number of hydrogen-bond donors (Lipinski definition) is 2. The number of pyridine rings is 2. The molecule has 0 aliphatic heterocycles. The number of anilines is 2. The van der Waals surface area contributed by atoms with Gasteiger partial charge in [-0.3, -0.25) is 14.8 Å². The molecule has 5 nitrogen and oxygen atoms in total. The molecule has 1 amide bonds. The maximum absolute atomic E-state index is 12.3. The second-order valence-corrected chi connectivity index (χ2v) is 4.54. The third kappa shape index (κ3) is 2.67. The van der Waals surface area contributed by atoms with Crippen LogP contribution in [0.25, 0.3) is 10.8 Å². The van der Waals surface area contributed by atoms with Gasteiger partial charge in [0.25, 0.3) is 5.91 Å². The van der Waals surface area contributed by atoms with Gasteiger partial charge >= 0.3 is 0 Å². The minimum Gasteiger partial charge on any atom is -0.388 e. The van der Waals surface area contributed by atoms with Crippen LogP contribution in [0.5, 0.6) is 0 Å². The van der Waals surface area contributed by atoms with Crippen molar-refractivity contribution in [1.82, 2.24) is 9.97 Å². The lowest BCUT2D eigenvalue weighted by molar-refractivity contribution is 0.102. The van der Waals surface area contributed by atoms with Gasteiger partial charge in [0.2, 0.25) is 0 Å². The van der Waals surface area contributed by atoms with Gasteiger partial charge in [-0.25, -0.2) is 0 Å². The summed E-state index contributed by atoms with van der Waals surface area (Å²) in [5.74, 6) is -0.247. The fraction of sp³-hybridized carbons (Fsp3) is 0.0625. The molecule has 0 atom stereocenters. The monoisotopic (exact) mass is 278 g/mol. The molecule has 1 aromatic carbocycles. The van der Waals surface area contributed by atoms with Gasteiger partial charge in [-0.2, -0.15) is 0 Å². The molecule has 21 heavy (non-hydrogen) atoms. The van der Waals surface area contributed by atoms with E-state index in [1.54, 1.807) is 37.8 Å². The second-order valence-electron chi connectivity index (χ2n) is 4.54. The Labute approximate surface area is 122 Å². The fourth-order valence-electron chi connectivity index (χ4n) is 2.12. The van der Waals surface area contributed by atoms with E-state index >= 15 is 0 Å². The number of carbonyl (C=O) groups is 1. The number of carbonyl (C=O) groups excluding carboxylic acids is 1. The van der Waals surface area contributed by atoms with Crippen LogP contribution in [-0.2, 0) is 0 Å². The molecule has 2 aromatic heterocycles. The van der Waals surface area contributed by atoms with Gasteiger partial charge in [-0.15, -0.1) is 0 Å². The first kappa shape index (κ1) is 13.1. The first-order valence-corrected chi connectivity index (χ1v) is 6.56. The summed E-state index contributed by atoms with van der Waals surface area (Å²) in [5.41, 5.74) is 1.93. The van der Waals surface area contributed by atoms with Crippen LogP contribution in [0.2, 0.25) is 0 Å². The number of hydrogen-bond acceptors (Lipinski definition) is 4. The van der Waals surface area contributed by atoms with Crippen molar-refractivity contribution in [2.45, 2.75) is 0 Å². The number of rotatable bonds is 3. The van der Waals surface area contributed by atoms with Crippen LogP contribution >= 0.6 is 0 Å². The highest BCUT2D eigenvalue weighted by Gasteiger charge is 2.10. The summed E-state index contributed by atoms with van der Waals surface area (Å²) in [7, 11) is 1.80. The molecule has 0 unspecified atom stereocenters. The second kappa shape index (κ2) is 5.58. The van der Waals surface area contributed by atoms with Gasteiger partial charge in [-0.1, -0.05) is 12.1 Å². The van der Waals surface area contributed by atoms with Crippen molar-refractivity contribution in [3.63, 3.8) is 0 Å². The lowest BCUT2D eigenvalue weighted by Gasteiger charge is -2.08. The molecule has 2 heterocycles. The van der Waals surface area contributed by atoms with Gasteiger partial charge < -0.3 is 10.6 Å². The summed E-state index contributed by atoms with van der Waals surface area (Å²) in [6.07, 6.45) is 5.07. The molecule has 3 rings (SSSR count). The van der Waals surface area contributed by atoms with Crippen molar-refractivity contribution >= 4 is 28.1 Å². The maximum Gasteiger partial charge on any atom is 0.274 e. The Morgan fingerprint density at radius 2 is 2.05 bits per heavy atom. The summed E-state index contributed by atoms with van der Waals surface area (Å²) in [5, 5.41) is 7.80. The molecular weight excluding hydrogens is 264 g/mol. The van der Waals surface area contributed by atoms with Gasteiger partial charge in [0.15, 0.2) is 0 Å². The zero-order valence-electron chi connectivity index (χ0n) is 11.5. The molecule has 0 radical (unpaired) electrons. The highest BCUT2D eigenvalue weighted by atomic mass is 16.1. The van der Waals surface area contributed by atoms with Crippen molar-refractivity contribution in [1.29, 1.82) is 0 Å². The van der Waals surface area contributed by atoms with Crippen LogP contribution in [0.4, 0.5) is 11.4 Å². The SMILES string of the molecule is CNc1ccnc(C(=O)Nc2cccc3ccncc23)c1. The first-order valence-electron chi connectivity index (χ1n) is 6.56. The van der Waals surface area contributed by atoms with Gasteiger partial charge in [0.05, 0.1) is 5.69 Å². The number of fused-ring (bicyclic) bond motifs is 1. The van der Waals surface area contributed by atoms with Crippen molar-refractivity contribution in [3.05, 3.63) is 60.7 Å². The van der Waals surface area contributed by atoms with Gasteiger partial charge in [-0.05, 0) is 29.7 Å². The first-order chi connectivity index (χ1) is 10.3. The van der Waals surface area contributed by atoms with E-state index < -0.39 is 0 Å². The van der Waals surface area contributed by atoms with Crippen LogP contribution in [0.3, 0.4) is 0 Å². The molecule has 0 saturated heterocycles. The van der Waals surface area contributed by atoms with E-state index in [1.807, 2.05) is 24.3 Å². The van der Waals surface area contributed by atoms with E-state index in [0.29, 0.717) is 5.69 Å². The van der Waals surface area contributed by atoms with E-state index in [2.05, 4.69) is 20.6 Å². The number of aromatic nitrogens is 2. The van der Waals surface area contributed by atoms with Crippen molar-refractivity contribution in [2.24, 2.45) is 0 Å². The summed E-state index contributed by atoms with van der Waals surface area (Å²) >= 11 is 0. The standard InChI is InChI=1S/C16H14N4O/c1-17-12-6-8-19-15(9-12)16(21)20-14-4-2-3-11-5-7-18-10-13(11)14/h2-10H,1H3,(H,17,19)(H,20,21). The Hall–Kier alpha value is -2.95. The minimum atomic E-state index is -0.247. The average molecular weight is 278 g/mol. The summed E-state index contributed by atoms with van der Waals surface area (Å²) in [6.45, 7) is 0. The van der Waals surface area contributed by atoms with E-state index in [9.17, 15) is 4.79 Å². The predicted molar refractivity (Wildman–Crippen MR) is 83.5 cm³/mol. The van der Waals surface area contributed by atoms with Crippen LogP contribution in [0.1, 0.15) is 10.5 Å².